The summed E-state index contributed by atoms with van der Waals surface area (Å²) in [6, 6.07) is 0.574. The minimum absolute atomic E-state index is 0.0701. The third-order valence-electron chi connectivity index (χ3n) is 5.28. The van der Waals surface area contributed by atoms with Gasteiger partial charge in [-0.25, -0.2) is 0 Å². The van der Waals surface area contributed by atoms with Crippen LogP contribution >= 0.6 is 0 Å². The zero-order valence-electron chi connectivity index (χ0n) is 13.9. The zero-order valence-corrected chi connectivity index (χ0v) is 13.9. The lowest BCUT2D eigenvalue weighted by Crippen LogP contribution is -2.65. The standard InChI is InChI=1S/C17H32N2O2/c1-4-21-15-12-14(17(15)8-6-5-7-9-17)18-10-11-19-16(20)13(2)3/h13-15,18H,4-12H2,1-3H3,(H,19,20). The van der Waals surface area contributed by atoms with Crippen LogP contribution in [0.2, 0.25) is 0 Å². The second-order valence-corrected chi connectivity index (χ2v) is 6.93. The van der Waals surface area contributed by atoms with Crippen LogP contribution in [0, 0.1) is 11.3 Å². The Morgan fingerprint density at radius 3 is 2.57 bits per heavy atom. The first-order valence-electron chi connectivity index (χ1n) is 8.73. The summed E-state index contributed by atoms with van der Waals surface area (Å²) in [7, 11) is 0. The van der Waals surface area contributed by atoms with Gasteiger partial charge in [-0.2, -0.15) is 0 Å². The van der Waals surface area contributed by atoms with Gasteiger partial charge in [-0.15, -0.1) is 0 Å². The maximum atomic E-state index is 11.5. The summed E-state index contributed by atoms with van der Waals surface area (Å²) in [6.07, 6.45) is 8.23. The van der Waals surface area contributed by atoms with Crippen LogP contribution < -0.4 is 10.6 Å². The van der Waals surface area contributed by atoms with E-state index in [4.69, 9.17) is 4.74 Å². The minimum atomic E-state index is 0.0701. The van der Waals surface area contributed by atoms with Crippen LogP contribution in [0.25, 0.3) is 0 Å². The highest BCUT2D eigenvalue weighted by atomic mass is 16.5. The smallest absolute Gasteiger partial charge is 0.222 e. The second kappa shape index (κ2) is 7.59. The van der Waals surface area contributed by atoms with Gasteiger partial charge in [0.2, 0.25) is 5.91 Å². The molecule has 2 aliphatic rings. The zero-order chi connectivity index (χ0) is 15.3. The molecule has 0 saturated heterocycles. The van der Waals surface area contributed by atoms with Gasteiger partial charge in [0.25, 0.3) is 0 Å². The van der Waals surface area contributed by atoms with Crippen molar-refractivity contribution in [1.29, 1.82) is 0 Å². The van der Waals surface area contributed by atoms with Crippen molar-refractivity contribution in [1.82, 2.24) is 10.6 Å². The highest BCUT2D eigenvalue weighted by Gasteiger charge is 2.55. The molecular formula is C17H32N2O2. The van der Waals surface area contributed by atoms with Crippen LogP contribution in [0.5, 0.6) is 0 Å². The normalized spacial score (nSPS) is 27.6. The van der Waals surface area contributed by atoms with Gasteiger partial charge >= 0.3 is 0 Å². The minimum Gasteiger partial charge on any atom is -0.378 e. The van der Waals surface area contributed by atoms with Gasteiger partial charge < -0.3 is 15.4 Å². The van der Waals surface area contributed by atoms with Crippen molar-refractivity contribution in [2.24, 2.45) is 11.3 Å². The third kappa shape index (κ3) is 3.78. The largest absolute Gasteiger partial charge is 0.378 e. The Bertz CT molecular complexity index is 338. The van der Waals surface area contributed by atoms with E-state index in [0.717, 1.165) is 26.1 Å². The molecule has 2 rings (SSSR count). The molecule has 0 aromatic carbocycles. The molecule has 21 heavy (non-hydrogen) atoms. The van der Waals surface area contributed by atoms with Crippen molar-refractivity contribution in [3.05, 3.63) is 0 Å². The van der Waals surface area contributed by atoms with Gasteiger partial charge in [0, 0.05) is 37.1 Å². The molecule has 2 N–H and O–H groups in total. The van der Waals surface area contributed by atoms with Gasteiger partial charge in [0.15, 0.2) is 0 Å². The van der Waals surface area contributed by atoms with Crippen molar-refractivity contribution in [2.45, 2.75) is 71.4 Å². The van der Waals surface area contributed by atoms with Gasteiger partial charge in [-0.3, -0.25) is 4.79 Å². The molecule has 2 atom stereocenters. The molecule has 2 unspecified atom stereocenters. The van der Waals surface area contributed by atoms with E-state index in [2.05, 4.69) is 17.6 Å². The van der Waals surface area contributed by atoms with E-state index in [-0.39, 0.29) is 11.8 Å². The number of amides is 1. The van der Waals surface area contributed by atoms with E-state index in [1.807, 2.05) is 13.8 Å². The summed E-state index contributed by atoms with van der Waals surface area (Å²) >= 11 is 0. The van der Waals surface area contributed by atoms with Crippen molar-refractivity contribution < 1.29 is 9.53 Å². The number of rotatable bonds is 7. The van der Waals surface area contributed by atoms with Crippen LogP contribution in [-0.2, 0) is 9.53 Å². The predicted molar refractivity (Wildman–Crippen MR) is 85.2 cm³/mol. The van der Waals surface area contributed by atoms with E-state index in [1.165, 1.54) is 32.1 Å². The first-order chi connectivity index (χ1) is 10.1. The van der Waals surface area contributed by atoms with Gasteiger partial charge in [0.05, 0.1) is 6.10 Å². The molecule has 0 bridgehead atoms. The number of nitrogens with one attached hydrogen (secondary N) is 2. The fraction of sp³-hybridized carbons (Fsp3) is 0.941. The van der Waals surface area contributed by atoms with Crippen LogP contribution in [0.1, 0.15) is 59.3 Å². The average Bonchev–Trinajstić information content (AvgIpc) is 2.49. The molecule has 0 aliphatic heterocycles. The SMILES string of the molecule is CCOC1CC(NCCNC(=O)C(C)C)C12CCCCC2. The highest BCUT2D eigenvalue weighted by Crippen LogP contribution is 2.53. The molecule has 4 heteroatoms. The Morgan fingerprint density at radius 2 is 1.95 bits per heavy atom. The molecule has 1 spiro atoms. The van der Waals surface area contributed by atoms with Crippen LogP contribution in [0.3, 0.4) is 0 Å². The molecule has 1 amide bonds. The van der Waals surface area contributed by atoms with Crippen molar-refractivity contribution in [3.63, 3.8) is 0 Å². The summed E-state index contributed by atoms with van der Waals surface area (Å²) in [5.41, 5.74) is 0.371. The van der Waals surface area contributed by atoms with Gasteiger partial charge in [-0.05, 0) is 26.2 Å². The molecule has 4 nitrogen and oxygen atoms in total. The molecular weight excluding hydrogens is 264 g/mol. The average molecular weight is 296 g/mol. The number of carbonyl (C=O) groups excluding carboxylic acids is 1. The van der Waals surface area contributed by atoms with E-state index in [0.29, 0.717) is 17.6 Å². The first-order valence-corrected chi connectivity index (χ1v) is 8.73. The van der Waals surface area contributed by atoms with Crippen molar-refractivity contribution in [3.8, 4) is 0 Å². The molecule has 0 radical (unpaired) electrons. The lowest BCUT2D eigenvalue weighted by Gasteiger charge is -2.58. The molecule has 0 aromatic rings. The molecule has 122 valence electrons. The van der Waals surface area contributed by atoms with Crippen molar-refractivity contribution >= 4 is 5.91 Å². The summed E-state index contributed by atoms with van der Waals surface area (Å²) in [6.45, 7) is 8.37. The Kier molecular flexibility index (Phi) is 6.06. The van der Waals surface area contributed by atoms with Crippen LogP contribution in [-0.4, -0.2) is 37.7 Å². The topological polar surface area (TPSA) is 50.4 Å². The summed E-state index contributed by atoms with van der Waals surface area (Å²) in [4.78, 5) is 11.5. The third-order valence-corrected chi connectivity index (χ3v) is 5.28. The molecule has 2 saturated carbocycles. The molecule has 0 aromatic heterocycles. The fourth-order valence-corrected chi connectivity index (χ4v) is 3.99. The quantitative estimate of drug-likeness (QED) is 0.710. The van der Waals surface area contributed by atoms with E-state index in [9.17, 15) is 4.79 Å². The van der Waals surface area contributed by atoms with Crippen LogP contribution in [0.4, 0.5) is 0 Å². The number of carbonyl (C=O) groups is 1. The van der Waals surface area contributed by atoms with E-state index in [1.54, 1.807) is 0 Å². The second-order valence-electron chi connectivity index (χ2n) is 6.93. The Hall–Kier alpha value is -0.610. The Balaban J connectivity index is 1.76. The fourth-order valence-electron chi connectivity index (χ4n) is 3.99. The van der Waals surface area contributed by atoms with E-state index >= 15 is 0 Å². The lowest BCUT2D eigenvalue weighted by molar-refractivity contribution is -0.149. The van der Waals surface area contributed by atoms with Crippen LogP contribution in [0.15, 0.2) is 0 Å². The first kappa shape index (κ1) is 16.8. The van der Waals surface area contributed by atoms with Gasteiger partial charge in [-0.1, -0.05) is 33.1 Å². The van der Waals surface area contributed by atoms with Gasteiger partial charge in [0.1, 0.15) is 0 Å². The molecule has 2 aliphatic carbocycles. The number of hydrogen-bond donors (Lipinski definition) is 2. The molecule has 0 heterocycles. The Labute approximate surface area is 129 Å². The maximum absolute atomic E-state index is 11.5. The monoisotopic (exact) mass is 296 g/mol. The summed E-state index contributed by atoms with van der Waals surface area (Å²) in [5, 5.41) is 6.65. The molecule has 2 fully saturated rings. The predicted octanol–water partition coefficient (Wildman–Crippen LogP) is 2.48. The summed E-state index contributed by atoms with van der Waals surface area (Å²) < 4.78 is 5.97. The van der Waals surface area contributed by atoms with E-state index < -0.39 is 0 Å². The lowest BCUT2D eigenvalue weighted by atomic mass is 9.55. The number of ether oxygens (including phenoxy) is 1. The maximum Gasteiger partial charge on any atom is 0.222 e. The summed E-state index contributed by atoms with van der Waals surface area (Å²) in [5.74, 6) is 0.214. The highest BCUT2D eigenvalue weighted by molar-refractivity contribution is 5.77. The van der Waals surface area contributed by atoms with Crippen molar-refractivity contribution in [2.75, 3.05) is 19.7 Å². The number of hydrogen-bond acceptors (Lipinski definition) is 3. The Morgan fingerprint density at radius 1 is 1.24 bits per heavy atom.